The lowest BCUT2D eigenvalue weighted by molar-refractivity contribution is 0.0951. The minimum absolute atomic E-state index is 0.181. The Kier molecular flexibility index (Phi) is 5.24. The van der Waals surface area contributed by atoms with Gasteiger partial charge in [-0.2, -0.15) is 0 Å². The van der Waals surface area contributed by atoms with Crippen LogP contribution in [0.15, 0.2) is 79.1 Å². The van der Waals surface area contributed by atoms with Gasteiger partial charge in [-0.3, -0.25) is 4.79 Å². The van der Waals surface area contributed by atoms with Crippen LogP contribution in [0, 0.1) is 5.82 Å². The van der Waals surface area contributed by atoms with Gasteiger partial charge in [0.1, 0.15) is 23.6 Å². The van der Waals surface area contributed by atoms with Gasteiger partial charge in [0, 0.05) is 12.1 Å². The summed E-state index contributed by atoms with van der Waals surface area (Å²) >= 11 is 0. The first-order valence-corrected chi connectivity index (χ1v) is 8.81. The first kappa shape index (κ1) is 18.3. The van der Waals surface area contributed by atoms with E-state index in [2.05, 4.69) is 20.8 Å². The van der Waals surface area contributed by atoms with E-state index in [0.717, 1.165) is 11.3 Å². The standard InChI is InChI=1S/C21H16FN5O2/c22-17-5-11-20(12-6-17)29-19-9-1-15(2-10-19)13-23-21(28)16-3-7-18(8-4-16)27-14-24-25-26-27/h1-12,14H,13H2,(H,23,28). The highest BCUT2D eigenvalue weighted by molar-refractivity contribution is 5.94. The van der Waals surface area contributed by atoms with Gasteiger partial charge in [-0.25, -0.2) is 9.07 Å². The van der Waals surface area contributed by atoms with Crippen molar-refractivity contribution in [1.82, 2.24) is 25.5 Å². The molecule has 0 aliphatic rings. The average molecular weight is 389 g/mol. The van der Waals surface area contributed by atoms with Crippen molar-refractivity contribution in [3.8, 4) is 17.2 Å². The molecule has 4 aromatic rings. The minimum atomic E-state index is -0.312. The maximum absolute atomic E-state index is 12.9. The molecule has 1 heterocycles. The molecule has 0 unspecified atom stereocenters. The lowest BCUT2D eigenvalue weighted by Crippen LogP contribution is -2.22. The zero-order chi connectivity index (χ0) is 20.1. The third kappa shape index (κ3) is 4.62. The average Bonchev–Trinajstić information content (AvgIpc) is 3.30. The number of tetrazole rings is 1. The van der Waals surface area contributed by atoms with E-state index < -0.39 is 0 Å². The highest BCUT2D eigenvalue weighted by Gasteiger charge is 2.07. The van der Waals surface area contributed by atoms with Crippen LogP contribution in [0.25, 0.3) is 5.69 Å². The maximum Gasteiger partial charge on any atom is 0.251 e. The number of carbonyl (C=O) groups excluding carboxylic acids is 1. The number of rotatable bonds is 6. The Labute approximate surface area is 165 Å². The van der Waals surface area contributed by atoms with Crippen molar-refractivity contribution >= 4 is 5.91 Å². The van der Waals surface area contributed by atoms with Crippen LogP contribution >= 0.6 is 0 Å². The molecule has 4 rings (SSSR count). The number of benzene rings is 3. The van der Waals surface area contributed by atoms with Crippen LogP contribution in [0.5, 0.6) is 11.5 Å². The lowest BCUT2D eigenvalue weighted by Gasteiger charge is -2.08. The van der Waals surface area contributed by atoms with Crippen molar-refractivity contribution in [3.05, 3.63) is 96.1 Å². The van der Waals surface area contributed by atoms with E-state index in [0.29, 0.717) is 23.6 Å². The van der Waals surface area contributed by atoms with E-state index >= 15 is 0 Å². The largest absolute Gasteiger partial charge is 0.457 e. The zero-order valence-electron chi connectivity index (χ0n) is 15.2. The molecule has 3 aromatic carbocycles. The summed E-state index contributed by atoms with van der Waals surface area (Å²) in [6, 6.07) is 20.1. The molecule has 0 aliphatic heterocycles. The predicted octanol–water partition coefficient (Wildman–Crippen LogP) is 3.52. The Balaban J connectivity index is 1.32. The van der Waals surface area contributed by atoms with Crippen LogP contribution in [0.3, 0.4) is 0 Å². The fourth-order valence-electron chi connectivity index (χ4n) is 2.64. The number of hydrogen-bond acceptors (Lipinski definition) is 5. The van der Waals surface area contributed by atoms with Crippen molar-refractivity contribution in [3.63, 3.8) is 0 Å². The molecule has 0 radical (unpaired) electrons. The topological polar surface area (TPSA) is 81.9 Å². The molecule has 29 heavy (non-hydrogen) atoms. The Morgan fingerprint density at radius 3 is 2.21 bits per heavy atom. The first-order valence-electron chi connectivity index (χ1n) is 8.81. The second kappa shape index (κ2) is 8.30. The van der Waals surface area contributed by atoms with Gasteiger partial charge in [0.05, 0.1) is 5.69 Å². The number of carbonyl (C=O) groups is 1. The summed E-state index contributed by atoms with van der Waals surface area (Å²) in [4.78, 5) is 12.3. The van der Waals surface area contributed by atoms with E-state index in [1.165, 1.54) is 23.1 Å². The van der Waals surface area contributed by atoms with Gasteiger partial charge in [0.15, 0.2) is 0 Å². The highest BCUT2D eigenvalue weighted by Crippen LogP contribution is 2.21. The van der Waals surface area contributed by atoms with Crippen molar-refractivity contribution in [2.75, 3.05) is 0 Å². The summed E-state index contributed by atoms with van der Waals surface area (Å²) in [5.41, 5.74) is 2.23. The quantitative estimate of drug-likeness (QED) is 0.546. The summed E-state index contributed by atoms with van der Waals surface area (Å²) in [5, 5.41) is 13.8. The molecule has 0 aliphatic carbocycles. The SMILES string of the molecule is O=C(NCc1ccc(Oc2ccc(F)cc2)cc1)c1ccc(-n2cnnn2)cc1. The highest BCUT2D eigenvalue weighted by atomic mass is 19.1. The molecule has 0 bridgehead atoms. The van der Waals surface area contributed by atoms with E-state index in [1.54, 1.807) is 48.5 Å². The number of nitrogens with one attached hydrogen (secondary N) is 1. The maximum atomic E-state index is 12.9. The number of halogens is 1. The van der Waals surface area contributed by atoms with Crippen LogP contribution in [-0.4, -0.2) is 26.1 Å². The van der Waals surface area contributed by atoms with Gasteiger partial charge in [-0.05, 0) is 76.7 Å². The second-order valence-electron chi connectivity index (χ2n) is 6.18. The predicted molar refractivity (Wildman–Crippen MR) is 103 cm³/mol. The molecule has 1 N–H and O–H groups in total. The van der Waals surface area contributed by atoms with Gasteiger partial charge < -0.3 is 10.1 Å². The fraction of sp³-hybridized carbons (Fsp3) is 0.0476. The normalized spacial score (nSPS) is 10.5. The van der Waals surface area contributed by atoms with E-state index in [1.807, 2.05) is 12.1 Å². The van der Waals surface area contributed by atoms with Crippen molar-refractivity contribution in [2.24, 2.45) is 0 Å². The lowest BCUT2D eigenvalue weighted by atomic mass is 10.1. The third-order valence-corrected chi connectivity index (χ3v) is 4.17. The molecule has 7 nitrogen and oxygen atoms in total. The van der Waals surface area contributed by atoms with Gasteiger partial charge in [0.25, 0.3) is 5.91 Å². The second-order valence-corrected chi connectivity index (χ2v) is 6.18. The monoisotopic (exact) mass is 389 g/mol. The Hall–Kier alpha value is -4.07. The summed E-state index contributed by atoms with van der Waals surface area (Å²) in [7, 11) is 0. The number of nitrogens with zero attached hydrogens (tertiary/aromatic N) is 4. The van der Waals surface area contributed by atoms with Gasteiger partial charge >= 0.3 is 0 Å². The number of amides is 1. The Bertz CT molecular complexity index is 1080. The molecule has 0 saturated heterocycles. The van der Waals surface area contributed by atoms with Crippen LogP contribution < -0.4 is 10.1 Å². The molecular formula is C21H16FN5O2. The Morgan fingerprint density at radius 1 is 0.931 bits per heavy atom. The van der Waals surface area contributed by atoms with Crippen molar-refractivity contribution in [1.29, 1.82) is 0 Å². The Morgan fingerprint density at radius 2 is 1.59 bits per heavy atom. The first-order chi connectivity index (χ1) is 14.2. The van der Waals surface area contributed by atoms with Gasteiger partial charge in [-0.15, -0.1) is 5.10 Å². The van der Waals surface area contributed by atoms with Crippen molar-refractivity contribution < 1.29 is 13.9 Å². The van der Waals surface area contributed by atoms with Crippen LogP contribution in [0.1, 0.15) is 15.9 Å². The van der Waals surface area contributed by atoms with E-state index in [9.17, 15) is 9.18 Å². The minimum Gasteiger partial charge on any atom is -0.457 e. The van der Waals surface area contributed by atoms with Crippen LogP contribution in [-0.2, 0) is 6.54 Å². The summed E-state index contributed by atoms with van der Waals surface area (Å²) in [6.07, 6.45) is 1.48. The summed E-state index contributed by atoms with van der Waals surface area (Å²) in [6.45, 7) is 0.379. The molecule has 0 saturated carbocycles. The zero-order valence-corrected chi connectivity index (χ0v) is 15.2. The molecule has 1 aromatic heterocycles. The number of ether oxygens (including phenoxy) is 1. The molecule has 8 heteroatoms. The molecule has 144 valence electrons. The van der Waals surface area contributed by atoms with Crippen LogP contribution in [0.2, 0.25) is 0 Å². The fourth-order valence-corrected chi connectivity index (χ4v) is 2.64. The molecule has 0 spiro atoms. The smallest absolute Gasteiger partial charge is 0.251 e. The summed E-state index contributed by atoms with van der Waals surface area (Å²) in [5.74, 6) is 0.691. The number of hydrogen-bond donors (Lipinski definition) is 1. The van der Waals surface area contributed by atoms with E-state index in [-0.39, 0.29) is 11.7 Å². The molecule has 0 fully saturated rings. The third-order valence-electron chi connectivity index (χ3n) is 4.17. The van der Waals surface area contributed by atoms with Gasteiger partial charge in [-0.1, -0.05) is 12.1 Å². The molecule has 1 amide bonds. The number of aromatic nitrogens is 4. The summed E-state index contributed by atoms with van der Waals surface area (Å²) < 4.78 is 20.1. The van der Waals surface area contributed by atoms with Crippen molar-refractivity contribution in [2.45, 2.75) is 6.54 Å². The molecule has 0 atom stereocenters. The molecular weight excluding hydrogens is 373 g/mol. The van der Waals surface area contributed by atoms with Crippen LogP contribution in [0.4, 0.5) is 4.39 Å². The van der Waals surface area contributed by atoms with Gasteiger partial charge in [0.2, 0.25) is 0 Å². The van der Waals surface area contributed by atoms with E-state index in [4.69, 9.17) is 4.74 Å².